The van der Waals surface area contributed by atoms with Crippen LogP contribution in [0.3, 0.4) is 0 Å². The van der Waals surface area contributed by atoms with E-state index >= 15 is 0 Å². The van der Waals surface area contributed by atoms with E-state index in [4.69, 9.17) is 21.1 Å². The van der Waals surface area contributed by atoms with Gasteiger partial charge in [-0.2, -0.15) is 0 Å². The minimum Gasteiger partial charge on any atom is -0.484 e. The summed E-state index contributed by atoms with van der Waals surface area (Å²) in [6.45, 7) is 2.67. The van der Waals surface area contributed by atoms with Gasteiger partial charge in [0, 0.05) is 37.3 Å². The van der Waals surface area contributed by atoms with Gasteiger partial charge in [-0.15, -0.1) is 10.2 Å². The SMILES string of the molecule is COc1ccc(N2CCN(C(=O)COc3ccc(Cl)cc3)CC2)nn1. The molecule has 1 aliphatic rings. The van der Waals surface area contributed by atoms with Crippen molar-refractivity contribution < 1.29 is 14.3 Å². The van der Waals surface area contributed by atoms with Crippen molar-refractivity contribution in [3.05, 3.63) is 41.4 Å². The number of nitrogens with zero attached hydrogens (tertiary/aromatic N) is 4. The highest BCUT2D eigenvalue weighted by Crippen LogP contribution is 2.17. The molecule has 0 N–H and O–H groups in total. The molecule has 1 aromatic carbocycles. The number of anilines is 1. The van der Waals surface area contributed by atoms with Crippen molar-refractivity contribution in [1.82, 2.24) is 15.1 Å². The van der Waals surface area contributed by atoms with Crippen LogP contribution in [-0.4, -0.2) is 60.9 Å². The fourth-order valence-electron chi connectivity index (χ4n) is 2.54. The number of ether oxygens (including phenoxy) is 2. The normalized spacial score (nSPS) is 14.3. The molecule has 3 rings (SSSR count). The van der Waals surface area contributed by atoms with E-state index < -0.39 is 0 Å². The maximum absolute atomic E-state index is 12.3. The largest absolute Gasteiger partial charge is 0.484 e. The Morgan fingerprint density at radius 2 is 1.80 bits per heavy atom. The number of rotatable bonds is 5. The van der Waals surface area contributed by atoms with E-state index in [9.17, 15) is 4.79 Å². The number of benzene rings is 1. The van der Waals surface area contributed by atoms with Gasteiger partial charge in [0.25, 0.3) is 5.91 Å². The third-order valence-electron chi connectivity index (χ3n) is 3.97. The van der Waals surface area contributed by atoms with Gasteiger partial charge in [-0.1, -0.05) is 11.6 Å². The van der Waals surface area contributed by atoms with Crippen LogP contribution in [0.1, 0.15) is 0 Å². The minimum absolute atomic E-state index is 0.0178. The van der Waals surface area contributed by atoms with Crippen LogP contribution in [0.2, 0.25) is 5.02 Å². The van der Waals surface area contributed by atoms with E-state index in [1.807, 2.05) is 6.07 Å². The van der Waals surface area contributed by atoms with Gasteiger partial charge in [0.05, 0.1) is 7.11 Å². The monoisotopic (exact) mass is 362 g/mol. The highest BCUT2D eigenvalue weighted by Gasteiger charge is 2.22. The summed E-state index contributed by atoms with van der Waals surface area (Å²) in [7, 11) is 1.56. The molecule has 0 bridgehead atoms. The van der Waals surface area contributed by atoms with Gasteiger partial charge in [-0.25, -0.2) is 0 Å². The molecule has 25 heavy (non-hydrogen) atoms. The van der Waals surface area contributed by atoms with Crippen LogP contribution in [0, 0.1) is 0 Å². The lowest BCUT2D eigenvalue weighted by atomic mass is 10.3. The van der Waals surface area contributed by atoms with Crippen LogP contribution in [-0.2, 0) is 4.79 Å². The number of piperazine rings is 1. The standard InChI is InChI=1S/C17H19ClN4O3/c1-24-16-7-6-15(19-20-16)21-8-10-22(11-9-21)17(23)12-25-14-4-2-13(18)3-5-14/h2-7H,8-12H2,1H3. The Morgan fingerprint density at radius 1 is 1.08 bits per heavy atom. The molecule has 0 unspecified atom stereocenters. The Kier molecular flexibility index (Phi) is 5.55. The zero-order valence-electron chi connectivity index (χ0n) is 13.9. The Morgan fingerprint density at radius 3 is 2.40 bits per heavy atom. The van der Waals surface area contributed by atoms with Crippen molar-refractivity contribution in [1.29, 1.82) is 0 Å². The van der Waals surface area contributed by atoms with Crippen molar-refractivity contribution in [2.24, 2.45) is 0 Å². The number of hydrogen-bond acceptors (Lipinski definition) is 6. The molecule has 132 valence electrons. The van der Waals surface area contributed by atoms with Crippen LogP contribution in [0.5, 0.6) is 11.6 Å². The van der Waals surface area contributed by atoms with Crippen LogP contribution < -0.4 is 14.4 Å². The van der Waals surface area contributed by atoms with Crippen molar-refractivity contribution in [2.45, 2.75) is 0 Å². The molecular weight excluding hydrogens is 344 g/mol. The lowest BCUT2D eigenvalue weighted by Gasteiger charge is -2.35. The molecular formula is C17H19ClN4O3. The highest BCUT2D eigenvalue weighted by atomic mass is 35.5. The summed E-state index contributed by atoms with van der Waals surface area (Å²) < 4.78 is 10.5. The van der Waals surface area contributed by atoms with Gasteiger partial charge in [0.15, 0.2) is 12.4 Å². The van der Waals surface area contributed by atoms with Crippen molar-refractivity contribution in [3.63, 3.8) is 0 Å². The van der Waals surface area contributed by atoms with Gasteiger partial charge in [0.1, 0.15) is 5.75 Å². The molecule has 1 fully saturated rings. The van der Waals surface area contributed by atoms with Gasteiger partial charge in [-0.3, -0.25) is 4.79 Å². The summed E-state index contributed by atoms with van der Waals surface area (Å²) in [6.07, 6.45) is 0. The molecule has 8 heteroatoms. The molecule has 1 amide bonds. The van der Waals surface area contributed by atoms with E-state index in [1.54, 1.807) is 42.3 Å². The van der Waals surface area contributed by atoms with E-state index in [0.29, 0.717) is 42.8 Å². The molecule has 0 spiro atoms. The summed E-state index contributed by atoms with van der Waals surface area (Å²) >= 11 is 5.83. The van der Waals surface area contributed by atoms with E-state index in [1.165, 1.54) is 0 Å². The van der Waals surface area contributed by atoms with Gasteiger partial charge in [0.2, 0.25) is 5.88 Å². The van der Waals surface area contributed by atoms with E-state index in [2.05, 4.69) is 15.1 Å². The van der Waals surface area contributed by atoms with Crippen LogP contribution in [0.15, 0.2) is 36.4 Å². The molecule has 2 heterocycles. The Balaban J connectivity index is 1.47. The van der Waals surface area contributed by atoms with Crippen molar-refractivity contribution >= 4 is 23.3 Å². The number of aromatic nitrogens is 2. The quantitative estimate of drug-likeness (QED) is 0.808. The number of amides is 1. The molecule has 1 aromatic heterocycles. The van der Waals surface area contributed by atoms with Crippen LogP contribution >= 0.6 is 11.6 Å². The second kappa shape index (κ2) is 8.02. The van der Waals surface area contributed by atoms with Crippen molar-refractivity contribution in [3.8, 4) is 11.6 Å². The third kappa shape index (κ3) is 4.51. The second-order valence-electron chi connectivity index (χ2n) is 5.54. The lowest BCUT2D eigenvalue weighted by molar-refractivity contribution is -0.133. The fraction of sp³-hybridized carbons (Fsp3) is 0.353. The van der Waals surface area contributed by atoms with Gasteiger partial charge in [-0.05, 0) is 30.3 Å². The second-order valence-corrected chi connectivity index (χ2v) is 5.98. The zero-order chi connectivity index (χ0) is 17.6. The first-order valence-electron chi connectivity index (χ1n) is 7.94. The summed E-state index contributed by atoms with van der Waals surface area (Å²) in [4.78, 5) is 16.2. The predicted octanol–water partition coefficient (Wildman–Crippen LogP) is 1.87. The number of methoxy groups -OCH3 is 1. The summed E-state index contributed by atoms with van der Waals surface area (Å²) in [5, 5.41) is 8.75. The number of halogens is 1. The molecule has 0 saturated carbocycles. The Hall–Kier alpha value is -2.54. The molecule has 0 atom stereocenters. The first-order chi connectivity index (χ1) is 12.2. The number of hydrogen-bond donors (Lipinski definition) is 0. The highest BCUT2D eigenvalue weighted by molar-refractivity contribution is 6.30. The van der Waals surface area contributed by atoms with Crippen LogP contribution in [0.25, 0.3) is 0 Å². The van der Waals surface area contributed by atoms with Crippen molar-refractivity contribution in [2.75, 3.05) is 44.8 Å². The summed E-state index contributed by atoms with van der Waals surface area (Å²) in [6, 6.07) is 10.6. The topological polar surface area (TPSA) is 67.8 Å². The molecule has 1 aliphatic heterocycles. The summed E-state index contributed by atoms with van der Waals surface area (Å²) in [5.41, 5.74) is 0. The Labute approximate surface area is 151 Å². The van der Waals surface area contributed by atoms with Gasteiger partial charge < -0.3 is 19.3 Å². The maximum Gasteiger partial charge on any atom is 0.260 e. The maximum atomic E-state index is 12.3. The molecule has 7 nitrogen and oxygen atoms in total. The first-order valence-corrected chi connectivity index (χ1v) is 8.32. The smallest absolute Gasteiger partial charge is 0.260 e. The fourth-order valence-corrected chi connectivity index (χ4v) is 2.67. The zero-order valence-corrected chi connectivity index (χ0v) is 14.6. The predicted molar refractivity (Wildman–Crippen MR) is 94.3 cm³/mol. The Bertz CT molecular complexity index is 701. The molecule has 0 radical (unpaired) electrons. The number of carbonyl (C=O) groups is 1. The average Bonchev–Trinajstić information content (AvgIpc) is 2.67. The summed E-state index contributed by atoms with van der Waals surface area (Å²) in [5.74, 6) is 1.86. The van der Waals surface area contributed by atoms with E-state index in [-0.39, 0.29) is 12.5 Å². The average molecular weight is 363 g/mol. The molecule has 2 aromatic rings. The molecule has 1 saturated heterocycles. The lowest BCUT2D eigenvalue weighted by Crippen LogP contribution is -2.50. The van der Waals surface area contributed by atoms with Crippen LogP contribution in [0.4, 0.5) is 5.82 Å². The van der Waals surface area contributed by atoms with Gasteiger partial charge >= 0.3 is 0 Å². The third-order valence-corrected chi connectivity index (χ3v) is 4.22. The first kappa shape index (κ1) is 17.3. The van der Waals surface area contributed by atoms with E-state index in [0.717, 1.165) is 5.82 Å². The minimum atomic E-state index is -0.0320. The number of carbonyl (C=O) groups excluding carboxylic acids is 1. The molecule has 0 aliphatic carbocycles.